The quantitative estimate of drug-likeness (QED) is 0.780. The van der Waals surface area contributed by atoms with Gasteiger partial charge in [0.2, 0.25) is 5.91 Å². The molecule has 0 bridgehead atoms. The molecule has 0 saturated carbocycles. The lowest BCUT2D eigenvalue weighted by Crippen LogP contribution is -2.38. The van der Waals surface area contributed by atoms with Crippen LogP contribution in [0.2, 0.25) is 5.02 Å². The van der Waals surface area contributed by atoms with Crippen LogP contribution in [-0.2, 0) is 4.79 Å². The second-order valence-corrected chi connectivity index (χ2v) is 5.93. The monoisotopic (exact) mass is 266 g/mol. The highest BCUT2D eigenvalue weighted by atomic mass is 35.5. The second kappa shape index (κ2) is 4.56. The number of likely N-dealkylation sites (N-methyl/N-ethyl adjacent to an activating group) is 1. The zero-order chi connectivity index (χ0) is 13.5. The van der Waals surface area contributed by atoms with Crippen molar-refractivity contribution >= 4 is 17.5 Å². The van der Waals surface area contributed by atoms with Gasteiger partial charge >= 0.3 is 0 Å². The summed E-state index contributed by atoms with van der Waals surface area (Å²) in [6.07, 6.45) is -0.00485. The number of rotatable bonds is 1. The Labute approximate surface area is 113 Å². The lowest BCUT2D eigenvalue weighted by Gasteiger charge is -2.31. The molecule has 0 spiro atoms. The Balaban J connectivity index is 2.39. The molecule has 1 heterocycles. The Hall–Kier alpha value is -1.06. The van der Waals surface area contributed by atoms with Crippen LogP contribution in [0.4, 0.5) is 0 Å². The molecule has 0 N–H and O–H groups in total. The minimum atomic E-state index is -0.0179. The first-order valence-corrected chi connectivity index (χ1v) is 6.46. The molecule has 0 aromatic heterocycles. The van der Waals surface area contributed by atoms with Gasteiger partial charge in [-0.05, 0) is 38.6 Å². The molecule has 1 aromatic rings. The van der Waals surface area contributed by atoms with Crippen molar-refractivity contribution in [3.05, 3.63) is 34.9 Å². The molecule has 18 heavy (non-hydrogen) atoms. The second-order valence-electron chi connectivity index (χ2n) is 5.50. The summed E-state index contributed by atoms with van der Waals surface area (Å²) in [5, 5.41) is 0.716. The number of halogens is 1. The van der Waals surface area contributed by atoms with E-state index in [4.69, 9.17) is 11.6 Å². The van der Waals surface area contributed by atoms with E-state index in [0.717, 1.165) is 12.1 Å². The van der Waals surface area contributed by atoms with Crippen LogP contribution in [-0.4, -0.2) is 34.8 Å². The third-order valence-electron chi connectivity index (χ3n) is 3.75. The molecule has 1 fully saturated rings. The summed E-state index contributed by atoms with van der Waals surface area (Å²) >= 11 is 5.92. The van der Waals surface area contributed by atoms with Gasteiger partial charge in [-0.3, -0.25) is 9.69 Å². The summed E-state index contributed by atoms with van der Waals surface area (Å²) in [7, 11) is 2.06. The molecule has 0 radical (unpaired) electrons. The van der Waals surface area contributed by atoms with Crippen LogP contribution in [0.1, 0.15) is 32.5 Å². The Morgan fingerprint density at radius 3 is 2.39 bits per heavy atom. The van der Waals surface area contributed by atoms with Crippen molar-refractivity contribution in [1.29, 1.82) is 0 Å². The maximum absolute atomic E-state index is 11.8. The highest BCUT2D eigenvalue weighted by Crippen LogP contribution is 2.37. The highest BCUT2D eigenvalue weighted by molar-refractivity contribution is 6.30. The molecule has 1 amide bonds. The Kier molecular flexibility index (Phi) is 3.39. The van der Waals surface area contributed by atoms with Crippen LogP contribution >= 0.6 is 11.6 Å². The smallest absolute Gasteiger partial charge is 0.221 e. The van der Waals surface area contributed by atoms with E-state index in [1.165, 1.54) is 0 Å². The van der Waals surface area contributed by atoms with Gasteiger partial charge in [-0.2, -0.15) is 0 Å². The Morgan fingerprint density at radius 2 is 1.89 bits per heavy atom. The summed E-state index contributed by atoms with van der Waals surface area (Å²) in [5.41, 5.74) is 1.08. The predicted molar refractivity (Wildman–Crippen MR) is 73.4 cm³/mol. The summed E-state index contributed by atoms with van der Waals surface area (Å²) < 4.78 is 0. The SMILES string of the molecule is CC(=O)N1CC(C)(C)N(C)C1c1ccc(Cl)cc1. The molecule has 1 saturated heterocycles. The van der Waals surface area contributed by atoms with Gasteiger partial charge in [0.1, 0.15) is 6.17 Å². The van der Waals surface area contributed by atoms with Crippen LogP contribution in [0.3, 0.4) is 0 Å². The van der Waals surface area contributed by atoms with Crippen LogP contribution in [0.15, 0.2) is 24.3 Å². The number of hydrogen-bond donors (Lipinski definition) is 0. The van der Waals surface area contributed by atoms with Crippen LogP contribution in [0.25, 0.3) is 0 Å². The number of hydrogen-bond acceptors (Lipinski definition) is 2. The topological polar surface area (TPSA) is 23.6 Å². The molecule has 0 aliphatic carbocycles. The molecule has 1 aliphatic heterocycles. The molecule has 1 aliphatic rings. The summed E-state index contributed by atoms with van der Waals surface area (Å²) in [6, 6.07) is 7.71. The molecule has 3 nitrogen and oxygen atoms in total. The van der Waals surface area contributed by atoms with Gasteiger partial charge in [-0.1, -0.05) is 23.7 Å². The number of benzene rings is 1. The van der Waals surface area contributed by atoms with Gasteiger partial charge in [-0.25, -0.2) is 0 Å². The lowest BCUT2D eigenvalue weighted by atomic mass is 10.1. The maximum Gasteiger partial charge on any atom is 0.221 e. The fourth-order valence-corrected chi connectivity index (χ4v) is 2.60. The van der Waals surface area contributed by atoms with Crippen molar-refractivity contribution < 1.29 is 4.79 Å². The molecule has 1 unspecified atom stereocenters. The summed E-state index contributed by atoms with van der Waals surface area (Å²) in [4.78, 5) is 15.9. The van der Waals surface area contributed by atoms with E-state index >= 15 is 0 Å². The Bertz CT molecular complexity index is 455. The van der Waals surface area contributed by atoms with Crippen molar-refractivity contribution in [1.82, 2.24) is 9.80 Å². The third kappa shape index (κ3) is 2.25. The average Bonchev–Trinajstić information content (AvgIpc) is 2.53. The zero-order valence-corrected chi connectivity index (χ0v) is 12.0. The standard InChI is InChI=1S/C14H19ClN2O/c1-10(18)17-9-14(2,3)16(4)13(17)11-5-7-12(15)8-6-11/h5-8,13H,9H2,1-4H3. The summed E-state index contributed by atoms with van der Waals surface area (Å²) in [6.45, 7) is 6.67. The van der Waals surface area contributed by atoms with Gasteiger partial charge in [0, 0.05) is 24.0 Å². The average molecular weight is 267 g/mol. The molecule has 1 atom stereocenters. The molecular weight excluding hydrogens is 248 g/mol. The van der Waals surface area contributed by atoms with Crippen LogP contribution in [0, 0.1) is 0 Å². The first-order valence-electron chi connectivity index (χ1n) is 6.08. The van der Waals surface area contributed by atoms with Gasteiger partial charge in [0.05, 0.1) is 0 Å². The van der Waals surface area contributed by atoms with Crippen molar-refractivity contribution in [2.45, 2.75) is 32.5 Å². The maximum atomic E-state index is 11.8. The minimum Gasteiger partial charge on any atom is -0.321 e. The van der Waals surface area contributed by atoms with E-state index in [1.54, 1.807) is 6.92 Å². The zero-order valence-electron chi connectivity index (χ0n) is 11.3. The molecule has 98 valence electrons. The van der Waals surface area contributed by atoms with E-state index in [1.807, 2.05) is 29.2 Å². The number of amides is 1. The van der Waals surface area contributed by atoms with Crippen molar-refractivity contribution in [3.63, 3.8) is 0 Å². The van der Waals surface area contributed by atoms with Gasteiger partial charge in [0.25, 0.3) is 0 Å². The third-order valence-corrected chi connectivity index (χ3v) is 4.00. The van der Waals surface area contributed by atoms with Crippen LogP contribution < -0.4 is 0 Å². The fraction of sp³-hybridized carbons (Fsp3) is 0.500. The molecule has 4 heteroatoms. The van der Waals surface area contributed by atoms with E-state index < -0.39 is 0 Å². The number of carbonyl (C=O) groups excluding carboxylic acids is 1. The minimum absolute atomic E-state index is 0.00485. The van der Waals surface area contributed by atoms with E-state index in [2.05, 4.69) is 25.8 Å². The first kappa shape index (κ1) is 13.4. The van der Waals surface area contributed by atoms with Crippen molar-refractivity contribution in [2.75, 3.05) is 13.6 Å². The lowest BCUT2D eigenvalue weighted by molar-refractivity contribution is -0.131. The largest absolute Gasteiger partial charge is 0.321 e. The van der Waals surface area contributed by atoms with E-state index in [-0.39, 0.29) is 17.6 Å². The fourth-order valence-electron chi connectivity index (χ4n) is 2.48. The normalized spacial score (nSPS) is 23.4. The van der Waals surface area contributed by atoms with Gasteiger partial charge in [-0.15, -0.1) is 0 Å². The highest BCUT2D eigenvalue weighted by Gasteiger charge is 2.44. The number of nitrogens with zero attached hydrogens (tertiary/aromatic N) is 2. The van der Waals surface area contributed by atoms with Crippen molar-refractivity contribution in [3.8, 4) is 0 Å². The predicted octanol–water partition coefficient (Wildman–Crippen LogP) is 2.91. The molecule has 1 aromatic carbocycles. The van der Waals surface area contributed by atoms with Crippen molar-refractivity contribution in [2.24, 2.45) is 0 Å². The Morgan fingerprint density at radius 1 is 1.33 bits per heavy atom. The van der Waals surface area contributed by atoms with E-state index in [9.17, 15) is 4.79 Å². The summed E-state index contributed by atoms with van der Waals surface area (Å²) in [5.74, 6) is 0.104. The van der Waals surface area contributed by atoms with Gasteiger partial charge in [0.15, 0.2) is 0 Å². The van der Waals surface area contributed by atoms with Crippen LogP contribution in [0.5, 0.6) is 0 Å². The van der Waals surface area contributed by atoms with E-state index in [0.29, 0.717) is 5.02 Å². The van der Waals surface area contributed by atoms with Gasteiger partial charge < -0.3 is 4.90 Å². The molecular formula is C14H19ClN2O. The first-order chi connectivity index (χ1) is 8.33. The molecule has 2 rings (SSSR count). The number of carbonyl (C=O) groups is 1.